The van der Waals surface area contributed by atoms with Crippen molar-refractivity contribution >= 4 is 33.1 Å². The van der Waals surface area contributed by atoms with E-state index in [9.17, 15) is 18.0 Å². The Bertz CT molecular complexity index is 601. The maximum atomic E-state index is 11.9. The lowest BCUT2D eigenvalue weighted by molar-refractivity contribution is -0.141. The number of carbonyl (C=O) groups excluding carboxylic acids is 2. The van der Waals surface area contributed by atoms with Crippen LogP contribution in [0, 0.1) is 6.92 Å². The SMILES string of the molecule is COC(=O)C1NS(=O)(=O)c2cc(C)sc2C1=O. The summed E-state index contributed by atoms with van der Waals surface area (Å²) in [5, 5.41) is 0. The molecular formula is C9H9NO5S2. The van der Waals surface area contributed by atoms with Crippen molar-refractivity contribution < 1.29 is 22.7 Å². The van der Waals surface area contributed by atoms with Crippen molar-refractivity contribution in [3.05, 3.63) is 15.8 Å². The van der Waals surface area contributed by atoms with Crippen LogP contribution in [0.25, 0.3) is 0 Å². The van der Waals surface area contributed by atoms with E-state index in [1.165, 1.54) is 6.07 Å². The third-order valence-electron chi connectivity index (χ3n) is 2.31. The minimum absolute atomic E-state index is 0.0647. The van der Waals surface area contributed by atoms with E-state index in [2.05, 4.69) is 4.74 Å². The summed E-state index contributed by atoms with van der Waals surface area (Å²) in [5.74, 6) is -1.48. The van der Waals surface area contributed by atoms with E-state index in [0.29, 0.717) is 4.88 Å². The number of carbonyl (C=O) groups is 2. The van der Waals surface area contributed by atoms with Gasteiger partial charge in [0.2, 0.25) is 15.8 Å². The molecule has 1 N–H and O–H groups in total. The van der Waals surface area contributed by atoms with Crippen molar-refractivity contribution in [2.45, 2.75) is 17.9 Å². The van der Waals surface area contributed by atoms with Crippen molar-refractivity contribution in [3.8, 4) is 0 Å². The fraction of sp³-hybridized carbons (Fsp3) is 0.333. The predicted octanol–water partition coefficient (Wildman–Crippen LogP) is 0.0727. The zero-order chi connectivity index (χ0) is 12.8. The lowest BCUT2D eigenvalue weighted by atomic mass is 10.1. The standard InChI is InChI=1S/C9H9NO5S2/c1-4-3-5-8(16-4)7(11)6(9(12)15-2)10-17(5,13)14/h3,6,10H,1-2H3. The van der Waals surface area contributed by atoms with Crippen LogP contribution in [0.1, 0.15) is 14.5 Å². The largest absolute Gasteiger partial charge is 0.467 e. The average molecular weight is 275 g/mol. The molecule has 8 heteroatoms. The second-order valence-electron chi connectivity index (χ2n) is 3.49. The third kappa shape index (κ3) is 1.88. The van der Waals surface area contributed by atoms with Crippen LogP contribution in [0.4, 0.5) is 0 Å². The van der Waals surface area contributed by atoms with Crippen molar-refractivity contribution in [2.24, 2.45) is 0 Å². The normalized spacial score (nSPS) is 22.0. The van der Waals surface area contributed by atoms with Crippen LogP contribution in [0.5, 0.6) is 0 Å². The second-order valence-corrected chi connectivity index (χ2v) is 6.43. The van der Waals surface area contributed by atoms with Gasteiger partial charge < -0.3 is 4.74 Å². The highest BCUT2D eigenvalue weighted by Gasteiger charge is 2.42. The topological polar surface area (TPSA) is 89.5 Å². The molecule has 1 atom stereocenters. The predicted molar refractivity (Wildman–Crippen MR) is 59.5 cm³/mol. The second kappa shape index (κ2) is 3.90. The molecule has 0 spiro atoms. The van der Waals surface area contributed by atoms with E-state index >= 15 is 0 Å². The molecule has 1 aromatic rings. The summed E-state index contributed by atoms with van der Waals surface area (Å²) >= 11 is 1.06. The van der Waals surface area contributed by atoms with Gasteiger partial charge in [-0.25, -0.2) is 13.2 Å². The quantitative estimate of drug-likeness (QED) is 0.579. The van der Waals surface area contributed by atoms with Crippen LogP contribution in [-0.4, -0.2) is 33.3 Å². The molecule has 0 radical (unpaired) electrons. The maximum absolute atomic E-state index is 11.9. The number of ether oxygens (including phenoxy) is 1. The number of fused-ring (bicyclic) bond motifs is 1. The van der Waals surface area contributed by atoms with Gasteiger partial charge in [-0.1, -0.05) is 0 Å². The summed E-state index contributed by atoms with van der Waals surface area (Å²) in [6.45, 7) is 1.69. The summed E-state index contributed by atoms with van der Waals surface area (Å²) in [7, 11) is -2.72. The fourth-order valence-electron chi connectivity index (χ4n) is 1.54. The first-order valence-corrected chi connectivity index (χ1v) is 6.91. The zero-order valence-electron chi connectivity index (χ0n) is 9.01. The van der Waals surface area contributed by atoms with E-state index in [4.69, 9.17) is 0 Å². The van der Waals surface area contributed by atoms with E-state index in [1.54, 1.807) is 6.92 Å². The van der Waals surface area contributed by atoms with Crippen molar-refractivity contribution in [1.29, 1.82) is 0 Å². The number of nitrogens with one attached hydrogen (secondary N) is 1. The molecule has 1 unspecified atom stereocenters. The Balaban J connectivity index is 2.59. The third-order valence-corrected chi connectivity index (χ3v) is 4.95. The van der Waals surface area contributed by atoms with Gasteiger partial charge in [-0.2, -0.15) is 4.72 Å². The number of hydrogen-bond acceptors (Lipinski definition) is 6. The highest BCUT2D eigenvalue weighted by molar-refractivity contribution is 7.90. The maximum Gasteiger partial charge on any atom is 0.332 e. The van der Waals surface area contributed by atoms with E-state index < -0.39 is 27.8 Å². The molecule has 2 heterocycles. The van der Waals surface area contributed by atoms with Crippen LogP contribution >= 0.6 is 11.3 Å². The van der Waals surface area contributed by atoms with Crippen LogP contribution in [0.3, 0.4) is 0 Å². The molecule has 0 fully saturated rings. The van der Waals surface area contributed by atoms with Gasteiger partial charge in [-0.3, -0.25) is 4.79 Å². The minimum atomic E-state index is -3.82. The first-order chi connectivity index (χ1) is 7.86. The van der Waals surface area contributed by atoms with Gasteiger partial charge in [0.05, 0.1) is 12.0 Å². The van der Waals surface area contributed by atoms with Gasteiger partial charge in [0.1, 0.15) is 4.90 Å². The molecule has 0 saturated heterocycles. The van der Waals surface area contributed by atoms with Gasteiger partial charge in [-0.15, -0.1) is 11.3 Å². The summed E-state index contributed by atoms with van der Waals surface area (Å²) in [6.07, 6.45) is 0. The lowest BCUT2D eigenvalue weighted by Crippen LogP contribution is -2.50. The summed E-state index contributed by atoms with van der Waals surface area (Å²) < 4.78 is 30.0. The number of sulfonamides is 1. The lowest BCUT2D eigenvalue weighted by Gasteiger charge is -2.19. The van der Waals surface area contributed by atoms with Crippen LogP contribution in [0.15, 0.2) is 11.0 Å². The number of thiophene rings is 1. The minimum Gasteiger partial charge on any atom is -0.467 e. The molecule has 1 aliphatic heterocycles. The molecular weight excluding hydrogens is 266 g/mol. The number of hydrogen-bond donors (Lipinski definition) is 1. The Morgan fingerprint density at radius 2 is 2.18 bits per heavy atom. The van der Waals surface area contributed by atoms with Gasteiger partial charge in [0.15, 0.2) is 6.04 Å². The highest BCUT2D eigenvalue weighted by Crippen LogP contribution is 2.30. The van der Waals surface area contributed by atoms with Crippen molar-refractivity contribution in [1.82, 2.24) is 4.72 Å². The monoisotopic (exact) mass is 275 g/mol. The number of methoxy groups -OCH3 is 1. The van der Waals surface area contributed by atoms with E-state index in [0.717, 1.165) is 18.4 Å². The molecule has 92 valence electrons. The molecule has 6 nitrogen and oxygen atoms in total. The Hall–Kier alpha value is -1.25. The highest BCUT2D eigenvalue weighted by atomic mass is 32.2. The Kier molecular flexibility index (Phi) is 2.80. The summed E-state index contributed by atoms with van der Waals surface area (Å²) in [6, 6.07) is -0.0659. The zero-order valence-corrected chi connectivity index (χ0v) is 10.6. The van der Waals surface area contributed by atoms with E-state index in [-0.39, 0.29) is 9.77 Å². The summed E-state index contributed by atoms with van der Waals surface area (Å²) in [4.78, 5) is 23.9. The van der Waals surface area contributed by atoms with Gasteiger partial charge in [0, 0.05) is 4.88 Å². The molecule has 0 aromatic carbocycles. The molecule has 0 saturated carbocycles. The molecule has 0 bridgehead atoms. The average Bonchev–Trinajstić information content (AvgIpc) is 2.66. The number of Topliss-reactive ketones (excluding diaryl/α,β-unsaturated/α-hetero) is 1. The smallest absolute Gasteiger partial charge is 0.332 e. The molecule has 1 aromatic heterocycles. The molecule has 2 rings (SSSR count). The van der Waals surface area contributed by atoms with Crippen LogP contribution in [0.2, 0.25) is 0 Å². The Labute approximate surface area is 102 Å². The molecule has 17 heavy (non-hydrogen) atoms. The first kappa shape index (κ1) is 12.2. The number of ketones is 1. The summed E-state index contributed by atoms with van der Waals surface area (Å²) in [5.41, 5.74) is 0. The Morgan fingerprint density at radius 1 is 1.53 bits per heavy atom. The van der Waals surface area contributed by atoms with E-state index in [1.807, 2.05) is 4.72 Å². The molecule has 0 aliphatic carbocycles. The van der Waals surface area contributed by atoms with Crippen LogP contribution in [-0.2, 0) is 19.6 Å². The molecule has 0 amide bonds. The fourth-order valence-corrected chi connectivity index (χ4v) is 4.26. The van der Waals surface area contributed by atoms with Gasteiger partial charge in [-0.05, 0) is 13.0 Å². The Morgan fingerprint density at radius 3 is 2.76 bits per heavy atom. The van der Waals surface area contributed by atoms with Gasteiger partial charge >= 0.3 is 5.97 Å². The number of rotatable bonds is 1. The van der Waals surface area contributed by atoms with Gasteiger partial charge in [0.25, 0.3) is 0 Å². The van der Waals surface area contributed by atoms with Crippen molar-refractivity contribution in [3.63, 3.8) is 0 Å². The molecule has 1 aliphatic rings. The first-order valence-electron chi connectivity index (χ1n) is 4.61. The van der Waals surface area contributed by atoms with Crippen molar-refractivity contribution in [2.75, 3.05) is 7.11 Å². The number of esters is 1. The van der Waals surface area contributed by atoms with Crippen LogP contribution < -0.4 is 4.72 Å². The number of aryl methyl sites for hydroxylation is 1.